The molecule has 0 aliphatic rings. The van der Waals surface area contributed by atoms with Crippen LogP contribution in [0.2, 0.25) is 5.15 Å². The first kappa shape index (κ1) is 12.0. The van der Waals surface area contributed by atoms with Gasteiger partial charge in [-0.1, -0.05) is 11.6 Å². The highest BCUT2D eigenvalue weighted by Crippen LogP contribution is 2.13. The molecule has 1 heterocycles. The molecule has 1 aromatic heterocycles. The molecule has 0 aliphatic heterocycles. The lowest BCUT2D eigenvalue weighted by Crippen LogP contribution is -2.26. The van der Waals surface area contributed by atoms with Gasteiger partial charge in [-0.2, -0.15) is 4.39 Å². The second-order valence-corrected chi connectivity index (χ2v) is 3.03. The van der Waals surface area contributed by atoms with Crippen molar-refractivity contribution in [3.05, 3.63) is 28.8 Å². The van der Waals surface area contributed by atoms with E-state index in [1.165, 1.54) is 26.4 Å². The van der Waals surface area contributed by atoms with Crippen molar-refractivity contribution in [1.29, 1.82) is 0 Å². The normalized spacial score (nSPS) is 10.7. The van der Waals surface area contributed by atoms with E-state index in [0.717, 1.165) is 0 Å². The third-order valence-electron chi connectivity index (χ3n) is 1.72. The molecular formula is C9H9ClFNO3. The van der Waals surface area contributed by atoms with E-state index in [4.69, 9.17) is 21.1 Å². The van der Waals surface area contributed by atoms with Gasteiger partial charge in [0.1, 0.15) is 5.15 Å². The maximum Gasteiger partial charge on any atom is 0.225 e. The zero-order chi connectivity index (χ0) is 11.4. The van der Waals surface area contributed by atoms with Crippen LogP contribution < -0.4 is 0 Å². The third kappa shape index (κ3) is 2.71. The smallest absolute Gasteiger partial charge is 0.225 e. The minimum Gasteiger partial charge on any atom is -0.349 e. The van der Waals surface area contributed by atoms with E-state index in [1.54, 1.807) is 0 Å². The van der Waals surface area contributed by atoms with E-state index in [1.807, 2.05) is 0 Å². The van der Waals surface area contributed by atoms with Crippen molar-refractivity contribution in [3.63, 3.8) is 0 Å². The van der Waals surface area contributed by atoms with Crippen LogP contribution in [0.4, 0.5) is 4.39 Å². The largest absolute Gasteiger partial charge is 0.349 e. The number of pyridine rings is 1. The Morgan fingerprint density at radius 1 is 1.47 bits per heavy atom. The second kappa shape index (κ2) is 5.16. The minimum atomic E-state index is -1.14. The number of hydrogen-bond acceptors (Lipinski definition) is 4. The molecular weight excluding hydrogens is 225 g/mol. The summed E-state index contributed by atoms with van der Waals surface area (Å²) < 4.78 is 22.6. The summed E-state index contributed by atoms with van der Waals surface area (Å²) in [6.07, 6.45) is -1.14. The Morgan fingerprint density at radius 2 is 2.07 bits per heavy atom. The predicted octanol–water partition coefficient (Wildman–Crippen LogP) is 1.68. The Balaban J connectivity index is 3.00. The van der Waals surface area contributed by atoms with E-state index < -0.39 is 18.0 Å². The van der Waals surface area contributed by atoms with Crippen molar-refractivity contribution in [2.75, 3.05) is 14.2 Å². The molecule has 0 bridgehead atoms. The molecule has 0 spiro atoms. The van der Waals surface area contributed by atoms with Crippen LogP contribution in [-0.4, -0.2) is 31.3 Å². The molecule has 15 heavy (non-hydrogen) atoms. The van der Waals surface area contributed by atoms with Crippen molar-refractivity contribution >= 4 is 17.4 Å². The Kier molecular flexibility index (Phi) is 4.14. The summed E-state index contributed by atoms with van der Waals surface area (Å²) in [7, 11) is 2.57. The fraction of sp³-hybridized carbons (Fsp3) is 0.333. The Bertz CT molecular complexity index is 368. The maximum atomic E-state index is 13.2. The number of methoxy groups -OCH3 is 2. The molecule has 0 aromatic carbocycles. The summed E-state index contributed by atoms with van der Waals surface area (Å²) in [4.78, 5) is 14.9. The summed E-state index contributed by atoms with van der Waals surface area (Å²) in [6.45, 7) is 0. The molecule has 0 aliphatic carbocycles. The van der Waals surface area contributed by atoms with Crippen LogP contribution in [0.25, 0.3) is 0 Å². The van der Waals surface area contributed by atoms with Gasteiger partial charge in [0.2, 0.25) is 18.0 Å². The van der Waals surface area contributed by atoms with Crippen molar-refractivity contribution < 1.29 is 18.7 Å². The fourth-order valence-electron chi connectivity index (χ4n) is 1.03. The Hall–Kier alpha value is -1.04. The summed E-state index contributed by atoms with van der Waals surface area (Å²) in [5, 5.41) is -0.0181. The molecule has 0 unspecified atom stereocenters. The average Bonchev–Trinajstić information content (AvgIpc) is 2.19. The molecule has 1 rings (SSSR count). The van der Waals surface area contributed by atoms with Crippen molar-refractivity contribution in [2.24, 2.45) is 0 Å². The molecule has 0 saturated carbocycles. The van der Waals surface area contributed by atoms with Gasteiger partial charge in [0.25, 0.3) is 0 Å². The number of hydrogen-bond donors (Lipinski definition) is 0. The van der Waals surface area contributed by atoms with Crippen LogP contribution in [0.1, 0.15) is 10.4 Å². The molecule has 0 saturated heterocycles. The first-order valence-corrected chi connectivity index (χ1v) is 4.39. The molecule has 0 radical (unpaired) electrons. The number of aromatic nitrogens is 1. The van der Waals surface area contributed by atoms with Crippen LogP contribution in [0.15, 0.2) is 12.1 Å². The van der Waals surface area contributed by atoms with Gasteiger partial charge < -0.3 is 9.47 Å². The summed E-state index contributed by atoms with van der Waals surface area (Å²) in [5.74, 6) is -1.58. The van der Waals surface area contributed by atoms with Crippen LogP contribution in [0.5, 0.6) is 0 Å². The van der Waals surface area contributed by atoms with Gasteiger partial charge in [0, 0.05) is 14.2 Å². The lowest BCUT2D eigenvalue weighted by molar-refractivity contribution is -0.0744. The van der Waals surface area contributed by atoms with E-state index in [-0.39, 0.29) is 10.7 Å². The number of nitrogens with zero attached hydrogens (tertiary/aromatic N) is 1. The number of Topliss-reactive ketones (excluding diaryl/α,β-unsaturated/α-hetero) is 1. The first-order chi connectivity index (χ1) is 7.10. The number of ketones is 1. The SMILES string of the molecule is COC(OC)C(=O)c1ccc(Cl)nc1F. The highest BCUT2D eigenvalue weighted by atomic mass is 35.5. The highest BCUT2D eigenvalue weighted by Gasteiger charge is 2.22. The number of ether oxygens (including phenoxy) is 2. The van der Waals surface area contributed by atoms with Gasteiger partial charge >= 0.3 is 0 Å². The van der Waals surface area contributed by atoms with Crippen molar-refractivity contribution in [2.45, 2.75) is 6.29 Å². The van der Waals surface area contributed by atoms with Gasteiger partial charge in [0.15, 0.2) is 0 Å². The van der Waals surface area contributed by atoms with Gasteiger partial charge in [-0.3, -0.25) is 4.79 Å². The number of carbonyl (C=O) groups excluding carboxylic acids is 1. The van der Waals surface area contributed by atoms with E-state index in [9.17, 15) is 9.18 Å². The molecule has 0 fully saturated rings. The van der Waals surface area contributed by atoms with Crippen molar-refractivity contribution in [3.8, 4) is 0 Å². The number of rotatable bonds is 4. The standard InChI is InChI=1S/C9H9ClFNO3/c1-14-9(15-2)7(13)5-3-4-6(10)12-8(5)11/h3-4,9H,1-2H3. The van der Waals surface area contributed by atoms with Crippen LogP contribution in [0, 0.1) is 5.95 Å². The third-order valence-corrected chi connectivity index (χ3v) is 1.93. The topological polar surface area (TPSA) is 48.4 Å². The summed E-state index contributed by atoms with van der Waals surface area (Å²) in [5.41, 5.74) is -0.215. The zero-order valence-electron chi connectivity index (χ0n) is 8.16. The van der Waals surface area contributed by atoms with Crippen LogP contribution in [0.3, 0.4) is 0 Å². The minimum absolute atomic E-state index is 0.0181. The predicted molar refractivity (Wildman–Crippen MR) is 51.3 cm³/mol. The Labute approximate surface area is 91.0 Å². The number of halogens is 2. The molecule has 0 atom stereocenters. The monoisotopic (exact) mass is 233 g/mol. The molecule has 4 nitrogen and oxygen atoms in total. The quantitative estimate of drug-likeness (QED) is 0.451. The lowest BCUT2D eigenvalue weighted by atomic mass is 10.2. The van der Waals surface area contributed by atoms with Gasteiger partial charge in [-0.05, 0) is 12.1 Å². The van der Waals surface area contributed by atoms with Gasteiger partial charge in [0.05, 0.1) is 5.56 Å². The number of carbonyl (C=O) groups is 1. The van der Waals surface area contributed by atoms with Gasteiger partial charge in [-0.25, -0.2) is 4.98 Å². The molecule has 6 heteroatoms. The van der Waals surface area contributed by atoms with Crippen LogP contribution >= 0.6 is 11.6 Å². The fourth-order valence-corrected chi connectivity index (χ4v) is 1.17. The average molecular weight is 234 g/mol. The molecule has 0 N–H and O–H groups in total. The van der Waals surface area contributed by atoms with E-state index in [0.29, 0.717) is 0 Å². The second-order valence-electron chi connectivity index (χ2n) is 2.64. The van der Waals surface area contributed by atoms with Crippen molar-refractivity contribution in [1.82, 2.24) is 4.98 Å². The lowest BCUT2D eigenvalue weighted by Gasteiger charge is -2.11. The summed E-state index contributed by atoms with van der Waals surface area (Å²) in [6, 6.07) is 2.55. The van der Waals surface area contributed by atoms with E-state index in [2.05, 4.69) is 4.98 Å². The summed E-state index contributed by atoms with van der Waals surface area (Å²) >= 11 is 5.44. The zero-order valence-corrected chi connectivity index (χ0v) is 8.92. The molecule has 0 amide bonds. The first-order valence-electron chi connectivity index (χ1n) is 4.02. The highest BCUT2D eigenvalue weighted by molar-refractivity contribution is 6.29. The Morgan fingerprint density at radius 3 is 2.53 bits per heavy atom. The molecule has 82 valence electrons. The maximum absolute atomic E-state index is 13.2. The van der Waals surface area contributed by atoms with Gasteiger partial charge in [-0.15, -0.1) is 0 Å². The molecule has 1 aromatic rings. The van der Waals surface area contributed by atoms with Crippen LogP contribution in [-0.2, 0) is 9.47 Å². The van der Waals surface area contributed by atoms with E-state index >= 15 is 0 Å².